The van der Waals surface area contributed by atoms with Gasteiger partial charge in [-0.3, -0.25) is 0 Å². The van der Waals surface area contributed by atoms with Crippen molar-refractivity contribution in [1.29, 1.82) is 0 Å². The van der Waals surface area contributed by atoms with Gasteiger partial charge in [0.1, 0.15) is 0 Å². The third-order valence-corrected chi connectivity index (χ3v) is 17.5. The summed E-state index contributed by atoms with van der Waals surface area (Å²) in [7, 11) is 0. The molecule has 1 aromatic heterocycles. The van der Waals surface area contributed by atoms with E-state index in [1.54, 1.807) is 0 Å². The smallest absolute Gasteiger partial charge is 0.264 e. The highest BCUT2D eigenvalue weighted by atomic mass is 32.1. The van der Waals surface area contributed by atoms with Crippen LogP contribution in [0.25, 0.3) is 21.2 Å². The Hall–Kier alpha value is -6.82. The van der Waals surface area contributed by atoms with Crippen molar-refractivity contribution in [3.63, 3.8) is 0 Å². The zero-order chi connectivity index (χ0) is 50.1. The number of hydrogen-bond donors (Lipinski definition) is 0. The van der Waals surface area contributed by atoms with Crippen LogP contribution in [-0.2, 0) is 21.7 Å². The third kappa shape index (κ3) is 7.53. The van der Waals surface area contributed by atoms with Crippen molar-refractivity contribution in [3.8, 4) is 11.1 Å². The maximum absolute atomic E-state index is 2.68. The minimum atomic E-state index is -0.0269. The summed E-state index contributed by atoms with van der Waals surface area (Å²) >= 11 is 2.00. The van der Waals surface area contributed by atoms with Crippen LogP contribution in [0, 0.1) is 6.92 Å². The summed E-state index contributed by atoms with van der Waals surface area (Å²) in [5.74, 6) is 0. The van der Waals surface area contributed by atoms with Gasteiger partial charge in [-0.25, -0.2) is 0 Å². The Morgan fingerprint density at radius 2 is 1.08 bits per heavy atom. The maximum atomic E-state index is 2.68. The molecule has 0 bridgehead atoms. The monoisotopic (exact) mass is 956 g/mol. The number of para-hydroxylation sites is 2. The summed E-state index contributed by atoms with van der Waals surface area (Å²) < 4.78 is 2.73. The van der Waals surface area contributed by atoms with Crippen LogP contribution in [0.3, 0.4) is 0 Å². The highest BCUT2D eigenvalue weighted by molar-refractivity contribution is 7.33. The number of nitrogens with zero attached hydrogens (tertiary/aromatic N) is 3. The zero-order valence-electron chi connectivity index (χ0n) is 44.0. The minimum absolute atomic E-state index is 0.00203. The lowest BCUT2D eigenvalue weighted by Crippen LogP contribution is -2.61. The normalized spacial score (nSPS) is 15.5. The molecule has 0 unspecified atom stereocenters. The molecule has 3 aliphatic rings. The van der Waals surface area contributed by atoms with Gasteiger partial charge in [0, 0.05) is 54.6 Å². The van der Waals surface area contributed by atoms with E-state index in [1.807, 2.05) is 11.3 Å². The molecule has 2 aliphatic heterocycles. The lowest BCUT2D eigenvalue weighted by Gasteiger charge is -2.47. The van der Waals surface area contributed by atoms with Crippen molar-refractivity contribution in [2.24, 2.45) is 0 Å². The Kier molecular flexibility index (Phi) is 10.7. The quantitative estimate of drug-likeness (QED) is 0.154. The van der Waals surface area contributed by atoms with Crippen LogP contribution in [0.2, 0.25) is 0 Å². The van der Waals surface area contributed by atoms with Gasteiger partial charge in [-0.1, -0.05) is 178 Å². The highest BCUT2D eigenvalue weighted by Crippen LogP contribution is 2.54. The second-order valence-corrected chi connectivity index (χ2v) is 25.3. The van der Waals surface area contributed by atoms with Crippen LogP contribution < -0.4 is 30.4 Å². The molecule has 0 fully saturated rings. The van der Waals surface area contributed by atoms with Gasteiger partial charge in [-0.2, -0.15) is 0 Å². The molecule has 0 saturated heterocycles. The Morgan fingerprint density at radius 3 is 1.74 bits per heavy atom. The fraction of sp³-hybridized carbons (Fsp3) is 0.254. The Morgan fingerprint density at radius 1 is 0.514 bits per heavy atom. The minimum Gasteiger partial charge on any atom is -0.311 e. The van der Waals surface area contributed by atoms with Crippen LogP contribution in [0.15, 0.2) is 176 Å². The second kappa shape index (κ2) is 16.6. The molecule has 0 saturated carbocycles. The fourth-order valence-electron chi connectivity index (χ4n) is 12.0. The average Bonchev–Trinajstić information content (AvgIpc) is 3.74. The number of benzene rings is 8. The van der Waals surface area contributed by atoms with Crippen LogP contribution in [0.5, 0.6) is 0 Å². The van der Waals surface area contributed by atoms with Crippen LogP contribution in [0.1, 0.15) is 110 Å². The lowest BCUT2D eigenvalue weighted by atomic mass is 9.35. The molecule has 1 aliphatic carbocycles. The summed E-state index contributed by atoms with van der Waals surface area (Å²) in [6.07, 6.45) is 2.29. The van der Waals surface area contributed by atoms with E-state index >= 15 is 0 Å². The summed E-state index contributed by atoms with van der Waals surface area (Å²) in [6.45, 7) is 26.1. The van der Waals surface area contributed by atoms with E-state index in [2.05, 4.69) is 267 Å². The zero-order valence-corrected chi connectivity index (χ0v) is 44.8. The van der Waals surface area contributed by atoms with Crippen molar-refractivity contribution in [3.05, 3.63) is 204 Å². The number of aryl methyl sites for hydroxylation is 1. The molecule has 72 heavy (non-hydrogen) atoms. The predicted octanol–water partition coefficient (Wildman–Crippen LogP) is 17.4. The summed E-state index contributed by atoms with van der Waals surface area (Å²) in [5, 5.41) is 1.32. The second-order valence-electron chi connectivity index (χ2n) is 24.2. The molecule has 358 valence electrons. The van der Waals surface area contributed by atoms with Crippen molar-refractivity contribution < 1.29 is 0 Å². The third-order valence-electron chi connectivity index (χ3n) is 16.3. The first-order valence-corrected chi connectivity index (χ1v) is 26.9. The molecule has 0 atom stereocenters. The number of rotatable bonds is 6. The number of fused-ring (bicyclic) bond motifs is 7. The van der Waals surface area contributed by atoms with Gasteiger partial charge in [-0.05, 0) is 153 Å². The molecule has 12 rings (SSSR count). The highest BCUT2D eigenvalue weighted by Gasteiger charge is 2.48. The van der Waals surface area contributed by atoms with Gasteiger partial charge in [0.15, 0.2) is 0 Å². The molecule has 9 aromatic rings. The van der Waals surface area contributed by atoms with Crippen molar-refractivity contribution in [2.45, 2.75) is 111 Å². The van der Waals surface area contributed by atoms with E-state index in [4.69, 9.17) is 0 Å². The van der Waals surface area contributed by atoms with Gasteiger partial charge in [0.25, 0.3) is 6.71 Å². The number of thiophene rings is 1. The van der Waals surface area contributed by atoms with E-state index in [0.717, 1.165) is 29.9 Å². The first-order chi connectivity index (χ1) is 34.4. The van der Waals surface area contributed by atoms with E-state index in [-0.39, 0.29) is 28.4 Å². The first kappa shape index (κ1) is 46.3. The average molecular weight is 956 g/mol. The number of anilines is 9. The summed E-state index contributed by atoms with van der Waals surface area (Å²) in [4.78, 5) is 7.80. The Balaban J connectivity index is 1.27. The van der Waals surface area contributed by atoms with Gasteiger partial charge in [0.05, 0.1) is 17.1 Å². The SMILES string of the molecule is Cc1ccc(N(c2ccccc2)c2cc3c4c(c2)N(c2ccc(C(C)(C)C)cc2)c2c(sc5ccc(C(C)(C)C)cc25)B4c2cc4c(cc2N3c2ccccc2-c2ccccc2)C(C)(C)CCC4(C)C)cc1. The summed E-state index contributed by atoms with van der Waals surface area (Å²) in [6, 6.07) is 67.3. The topological polar surface area (TPSA) is 9.72 Å². The molecular weight excluding hydrogens is 890 g/mol. The van der Waals surface area contributed by atoms with Crippen LogP contribution in [-0.4, -0.2) is 6.71 Å². The fourth-order valence-corrected chi connectivity index (χ4v) is 13.3. The standard InChI is InChI=1S/C67H66BN3S/c1-43-26-31-48(32-27-43)69(47-22-16-13-17-23-47)50-39-58-61-59(40-50)71(56-25-19-18-24-51(56)44-20-14-12-15-21-44)57-42-54-53(66(8,9)36-37-67(54,10)11)41-55(57)68(61)63-62(52-38-46(65(5,6)7)30-35-60(52)72-63)70(58)49-33-28-45(29-34-49)64(2,3)4/h12-35,38-42H,36-37H2,1-11H3. The van der Waals surface area contributed by atoms with Crippen molar-refractivity contribution >= 4 is 95.0 Å². The molecule has 5 heteroatoms. The Labute approximate surface area is 432 Å². The molecule has 0 N–H and O–H groups in total. The van der Waals surface area contributed by atoms with Crippen LogP contribution in [0.4, 0.5) is 51.2 Å². The van der Waals surface area contributed by atoms with E-state index in [9.17, 15) is 0 Å². The largest absolute Gasteiger partial charge is 0.311 e. The maximum Gasteiger partial charge on any atom is 0.264 e. The molecule has 0 radical (unpaired) electrons. The summed E-state index contributed by atoms with van der Waals surface area (Å²) in [5.41, 5.74) is 22.7. The molecular formula is C67H66BN3S. The Bertz CT molecular complexity index is 3560. The van der Waals surface area contributed by atoms with Gasteiger partial charge in [-0.15, -0.1) is 11.3 Å². The molecule has 0 spiro atoms. The van der Waals surface area contributed by atoms with E-state index < -0.39 is 0 Å². The molecule has 3 heterocycles. The molecule has 8 aromatic carbocycles. The lowest BCUT2D eigenvalue weighted by molar-refractivity contribution is 0.332. The van der Waals surface area contributed by atoms with E-state index in [0.29, 0.717) is 0 Å². The molecule has 0 amide bonds. The molecule has 3 nitrogen and oxygen atoms in total. The van der Waals surface area contributed by atoms with E-state index in [1.165, 1.54) is 98.9 Å². The van der Waals surface area contributed by atoms with Crippen molar-refractivity contribution in [2.75, 3.05) is 14.7 Å². The van der Waals surface area contributed by atoms with Crippen LogP contribution >= 0.6 is 11.3 Å². The van der Waals surface area contributed by atoms with Gasteiger partial charge >= 0.3 is 0 Å². The predicted molar refractivity (Wildman–Crippen MR) is 313 cm³/mol. The van der Waals surface area contributed by atoms with Gasteiger partial charge < -0.3 is 14.7 Å². The van der Waals surface area contributed by atoms with Gasteiger partial charge in [0.2, 0.25) is 0 Å². The first-order valence-electron chi connectivity index (χ1n) is 26.1. The van der Waals surface area contributed by atoms with Crippen molar-refractivity contribution in [1.82, 2.24) is 0 Å². The number of hydrogen-bond acceptors (Lipinski definition) is 4.